The first-order valence-electron chi connectivity index (χ1n) is 3.69. The zero-order valence-corrected chi connectivity index (χ0v) is 7.68. The lowest BCUT2D eigenvalue weighted by Gasteiger charge is -2.04. The number of aromatic hydroxyl groups is 1. The second-order valence-electron chi connectivity index (χ2n) is 2.64. The van der Waals surface area contributed by atoms with Crippen molar-refractivity contribution in [3.05, 3.63) is 29.6 Å². The number of hydrogen-bond acceptors (Lipinski definition) is 2. The zero-order chi connectivity index (χ0) is 10.0. The number of phenolic OH excluding ortho intramolecular Hbond substituents is 1. The van der Waals surface area contributed by atoms with Crippen LogP contribution in [0.25, 0.3) is 0 Å². The Morgan fingerprint density at radius 3 is 2.77 bits per heavy atom. The normalized spacial score (nSPS) is 12.5. The van der Waals surface area contributed by atoms with Gasteiger partial charge in [-0.2, -0.15) is 0 Å². The Morgan fingerprint density at radius 1 is 1.62 bits per heavy atom. The van der Waals surface area contributed by atoms with E-state index in [0.717, 1.165) is 18.2 Å². The minimum absolute atomic E-state index is 0.0810. The Labute approximate surface area is 80.0 Å². The summed E-state index contributed by atoms with van der Waals surface area (Å²) in [5.74, 6) is -1.31. The van der Waals surface area contributed by atoms with Crippen molar-refractivity contribution >= 4 is 17.4 Å². The summed E-state index contributed by atoms with van der Waals surface area (Å²) in [4.78, 5) is 11.3. The summed E-state index contributed by atoms with van der Waals surface area (Å²) in [6, 6.07) is 3.17. The van der Waals surface area contributed by atoms with Crippen LogP contribution in [0.5, 0.6) is 5.75 Å². The molecule has 0 saturated carbocycles. The van der Waals surface area contributed by atoms with E-state index in [1.165, 1.54) is 6.92 Å². The molecule has 0 bridgehead atoms. The highest BCUT2D eigenvalue weighted by molar-refractivity contribution is 6.33. The van der Waals surface area contributed by atoms with Crippen molar-refractivity contribution in [3.63, 3.8) is 0 Å². The number of carbonyl (C=O) groups excluding carboxylic acids is 1. The molecule has 0 aliphatic rings. The summed E-state index contributed by atoms with van der Waals surface area (Å²) < 4.78 is 12.7. The van der Waals surface area contributed by atoms with E-state index in [2.05, 4.69) is 0 Å². The minimum atomic E-state index is -0.771. The summed E-state index contributed by atoms with van der Waals surface area (Å²) in [5.41, 5.74) is -0.0810. The van der Waals surface area contributed by atoms with Crippen LogP contribution >= 0.6 is 11.6 Å². The summed E-state index contributed by atoms with van der Waals surface area (Å²) in [7, 11) is 0. The van der Waals surface area contributed by atoms with Gasteiger partial charge in [0.2, 0.25) is 0 Å². The van der Waals surface area contributed by atoms with Crippen molar-refractivity contribution in [2.45, 2.75) is 12.3 Å². The van der Waals surface area contributed by atoms with Crippen molar-refractivity contribution in [1.29, 1.82) is 0 Å². The number of benzene rings is 1. The molecule has 1 unspecified atom stereocenters. The van der Waals surface area contributed by atoms with Crippen molar-refractivity contribution < 1.29 is 14.3 Å². The highest BCUT2D eigenvalue weighted by atomic mass is 35.5. The molecule has 0 radical (unpaired) electrons. The molecule has 13 heavy (non-hydrogen) atoms. The van der Waals surface area contributed by atoms with Crippen molar-refractivity contribution in [2.24, 2.45) is 0 Å². The third-order valence-corrected chi connectivity index (χ3v) is 1.78. The summed E-state index contributed by atoms with van der Waals surface area (Å²) in [6.45, 7) is 1.47. The number of carbonyl (C=O) groups is 1. The minimum Gasteiger partial charge on any atom is -0.507 e. The molecule has 0 spiro atoms. The van der Waals surface area contributed by atoms with Gasteiger partial charge in [0.25, 0.3) is 0 Å². The van der Waals surface area contributed by atoms with Crippen LogP contribution < -0.4 is 0 Å². The highest BCUT2D eigenvalue weighted by Gasteiger charge is 2.16. The third-order valence-electron chi connectivity index (χ3n) is 1.59. The van der Waals surface area contributed by atoms with Crippen molar-refractivity contribution in [2.75, 3.05) is 0 Å². The van der Waals surface area contributed by atoms with Crippen molar-refractivity contribution in [3.8, 4) is 5.75 Å². The molecule has 1 aromatic carbocycles. The van der Waals surface area contributed by atoms with Gasteiger partial charge in [-0.3, -0.25) is 4.79 Å². The molecule has 1 aromatic rings. The fraction of sp³-hybridized carbons (Fsp3) is 0.222. The largest absolute Gasteiger partial charge is 0.507 e. The maximum atomic E-state index is 12.7. The summed E-state index contributed by atoms with van der Waals surface area (Å²) >= 11 is 5.50. The molecular formula is C9H8ClFO2. The SMILES string of the molecule is CC(Cl)C(=O)c1cc(F)ccc1O. The van der Waals surface area contributed by atoms with Crippen LogP contribution in [-0.4, -0.2) is 16.3 Å². The van der Waals surface area contributed by atoms with Crippen LogP contribution in [-0.2, 0) is 0 Å². The van der Waals surface area contributed by atoms with Crippen LogP contribution in [0.15, 0.2) is 18.2 Å². The van der Waals surface area contributed by atoms with Gasteiger partial charge >= 0.3 is 0 Å². The molecule has 0 saturated heterocycles. The first-order valence-corrected chi connectivity index (χ1v) is 4.13. The zero-order valence-electron chi connectivity index (χ0n) is 6.92. The third kappa shape index (κ3) is 2.18. The number of halogens is 2. The highest BCUT2D eigenvalue weighted by Crippen LogP contribution is 2.20. The number of ketones is 1. The van der Waals surface area contributed by atoms with Crippen LogP contribution in [0.2, 0.25) is 0 Å². The van der Waals surface area contributed by atoms with E-state index >= 15 is 0 Å². The fourth-order valence-corrected chi connectivity index (χ4v) is 1.04. The summed E-state index contributed by atoms with van der Waals surface area (Å²) in [5, 5.41) is 8.44. The van der Waals surface area contributed by atoms with E-state index in [-0.39, 0.29) is 11.3 Å². The topological polar surface area (TPSA) is 37.3 Å². The Kier molecular flexibility index (Phi) is 2.88. The van der Waals surface area contributed by atoms with Gasteiger partial charge in [0.1, 0.15) is 11.6 Å². The van der Waals surface area contributed by atoms with E-state index in [9.17, 15) is 14.3 Å². The molecule has 1 atom stereocenters. The van der Waals surface area contributed by atoms with Crippen LogP contribution in [0.4, 0.5) is 4.39 Å². The fourth-order valence-electron chi connectivity index (χ4n) is 0.920. The van der Waals surface area contributed by atoms with E-state index in [4.69, 9.17) is 11.6 Å². The maximum Gasteiger partial charge on any atom is 0.184 e. The lowest BCUT2D eigenvalue weighted by Crippen LogP contribution is -2.10. The van der Waals surface area contributed by atoms with E-state index in [1.54, 1.807) is 0 Å². The Bertz CT molecular complexity index is 336. The number of phenols is 1. The van der Waals surface area contributed by atoms with Gasteiger partial charge in [-0.05, 0) is 25.1 Å². The first-order chi connectivity index (χ1) is 6.02. The molecule has 1 rings (SSSR count). The second kappa shape index (κ2) is 3.75. The predicted octanol–water partition coefficient (Wildman–Crippen LogP) is 2.34. The van der Waals surface area contributed by atoms with Gasteiger partial charge in [0, 0.05) is 0 Å². The van der Waals surface area contributed by atoms with Crippen LogP contribution in [0, 0.1) is 5.82 Å². The number of Topliss-reactive ketones (excluding diaryl/α,β-unsaturated/α-hetero) is 1. The monoisotopic (exact) mass is 202 g/mol. The average molecular weight is 203 g/mol. The Morgan fingerprint density at radius 2 is 2.23 bits per heavy atom. The molecule has 0 fully saturated rings. The maximum absolute atomic E-state index is 12.7. The number of rotatable bonds is 2. The van der Waals surface area contributed by atoms with Gasteiger partial charge < -0.3 is 5.11 Å². The molecule has 2 nitrogen and oxygen atoms in total. The molecule has 0 aromatic heterocycles. The van der Waals surface area contributed by atoms with E-state index in [1.807, 2.05) is 0 Å². The quantitative estimate of drug-likeness (QED) is 0.591. The van der Waals surface area contributed by atoms with Gasteiger partial charge in [-0.1, -0.05) is 0 Å². The van der Waals surface area contributed by atoms with Gasteiger partial charge in [0.15, 0.2) is 5.78 Å². The molecular weight excluding hydrogens is 195 g/mol. The van der Waals surface area contributed by atoms with E-state index in [0.29, 0.717) is 0 Å². The van der Waals surface area contributed by atoms with E-state index < -0.39 is 17.0 Å². The number of hydrogen-bond donors (Lipinski definition) is 1. The average Bonchev–Trinajstić information content (AvgIpc) is 2.08. The molecule has 0 aliphatic carbocycles. The van der Waals surface area contributed by atoms with Gasteiger partial charge in [-0.25, -0.2) is 4.39 Å². The molecule has 4 heteroatoms. The van der Waals surface area contributed by atoms with Crippen LogP contribution in [0.3, 0.4) is 0 Å². The molecule has 0 heterocycles. The molecule has 70 valence electrons. The second-order valence-corrected chi connectivity index (χ2v) is 3.30. The van der Waals surface area contributed by atoms with Gasteiger partial charge in [-0.15, -0.1) is 11.6 Å². The summed E-state index contributed by atoms with van der Waals surface area (Å²) in [6.07, 6.45) is 0. The van der Waals surface area contributed by atoms with Gasteiger partial charge in [0.05, 0.1) is 10.9 Å². The lowest BCUT2D eigenvalue weighted by atomic mass is 10.1. The number of alkyl halides is 1. The Hall–Kier alpha value is -1.09. The van der Waals surface area contributed by atoms with Crippen molar-refractivity contribution in [1.82, 2.24) is 0 Å². The first kappa shape index (κ1) is 9.99. The smallest absolute Gasteiger partial charge is 0.184 e. The molecule has 0 amide bonds. The molecule has 1 N–H and O–H groups in total. The Balaban J connectivity index is 3.13. The standard InChI is InChI=1S/C9H8ClFO2/c1-5(10)9(13)7-4-6(11)2-3-8(7)12/h2-5,12H,1H3. The lowest BCUT2D eigenvalue weighted by molar-refractivity contribution is 0.0988. The van der Waals surface area contributed by atoms with Crippen LogP contribution in [0.1, 0.15) is 17.3 Å². The predicted molar refractivity (Wildman–Crippen MR) is 47.7 cm³/mol. The molecule has 0 aliphatic heterocycles.